The quantitative estimate of drug-likeness (QED) is 0.517. The zero-order valence-corrected chi connectivity index (χ0v) is 18.9. The Hall–Kier alpha value is -3.80. The highest BCUT2D eigenvalue weighted by molar-refractivity contribution is 6.02. The van der Waals surface area contributed by atoms with Crippen molar-refractivity contribution >= 4 is 11.1 Å². The van der Waals surface area contributed by atoms with Crippen molar-refractivity contribution in [2.24, 2.45) is 0 Å². The van der Waals surface area contributed by atoms with Gasteiger partial charge >= 0.3 is 0 Å². The molecule has 0 amide bonds. The molecule has 6 nitrogen and oxygen atoms in total. The first-order valence-corrected chi connectivity index (χ1v) is 10.1. The summed E-state index contributed by atoms with van der Waals surface area (Å²) in [5.74, 6) is 4.09. The fourth-order valence-electron chi connectivity index (χ4n) is 3.90. The molecule has 166 valence electrons. The highest BCUT2D eigenvalue weighted by atomic mass is 16.5. The van der Waals surface area contributed by atoms with Gasteiger partial charge in [-0.05, 0) is 41.5 Å². The Kier molecular flexibility index (Phi) is 6.12. The molecule has 0 saturated carbocycles. The minimum absolute atomic E-state index is 0.401. The van der Waals surface area contributed by atoms with Crippen LogP contribution in [0.4, 0.5) is 0 Å². The van der Waals surface area contributed by atoms with Gasteiger partial charge in [-0.3, -0.25) is 0 Å². The average molecular weight is 434 g/mol. The lowest BCUT2D eigenvalue weighted by atomic mass is 9.87. The molecule has 0 bridgehead atoms. The molecule has 0 atom stereocenters. The third kappa shape index (κ3) is 3.80. The second-order valence-electron chi connectivity index (χ2n) is 7.14. The number of hydrogen-bond donors (Lipinski definition) is 0. The Morgan fingerprint density at radius 2 is 1.19 bits per heavy atom. The van der Waals surface area contributed by atoms with E-state index in [1.165, 1.54) is 0 Å². The van der Waals surface area contributed by atoms with Crippen molar-refractivity contribution in [2.45, 2.75) is 0 Å². The van der Waals surface area contributed by atoms with Gasteiger partial charge < -0.3 is 28.4 Å². The monoisotopic (exact) mass is 434 g/mol. The third-order valence-corrected chi connectivity index (χ3v) is 5.54. The zero-order chi connectivity index (χ0) is 22.7. The Morgan fingerprint density at radius 3 is 1.81 bits per heavy atom. The van der Waals surface area contributed by atoms with Gasteiger partial charge in [0.1, 0.15) is 18.1 Å². The largest absolute Gasteiger partial charge is 0.497 e. The van der Waals surface area contributed by atoms with Gasteiger partial charge in [0, 0.05) is 22.8 Å². The number of rotatable bonds is 7. The molecule has 4 rings (SSSR count). The Balaban J connectivity index is 1.98. The Bertz CT molecular complexity index is 1150. The highest BCUT2D eigenvalue weighted by Gasteiger charge is 2.26. The van der Waals surface area contributed by atoms with Crippen molar-refractivity contribution in [3.63, 3.8) is 0 Å². The maximum absolute atomic E-state index is 6.16. The fraction of sp³-hybridized carbons (Fsp3) is 0.231. The smallest absolute Gasteiger partial charge is 0.164 e. The highest BCUT2D eigenvalue weighted by Crippen LogP contribution is 2.47. The number of hydrogen-bond acceptors (Lipinski definition) is 6. The molecule has 1 heterocycles. The number of benzene rings is 3. The van der Waals surface area contributed by atoms with Crippen LogP contribution in [0.1, 0.15) is 16.7 Å². The van der Waals surface area contributed by atoms with Gasteiger partial charge in [-0.2, -0.15) is 0 Å². The molecule has 6 heteroatoms. The van der Waals surface area contributed by atoms with Crippen LogP contribution in [0.3, 0.4) is 0 Å². The van der Waals surface area contributed by atoms with E-state index < -0.39 is 0 Å². The molecule has 3 aromatic carbocycles. The van der Waals surface area contributed by atoms with E-state index in [0.717, 1.165) is 39.3 Å². The maximum Gasteiger partial charge on any atom is 0.164 e. The summed E-state index contributed by atoms with van der Waals surface area (Å²) >= 11 is 0. The molecular formula is C26H26O6. The predicted molar refractivity (Wildman–Crippen MR) is 123 cm³/mol. The first-order valence-electron chi connectivity index (χ1n) is 10.1. The van der Waals surface area contributed by atoms with E-state index >= 15 is 0 Å². The van der Waals surface area contributed by atoms with Crippen molar-refractivity contribution in [3.8, 4) is 34.5 Å². The minimum Gasteiger partial charge on any atom is -0.497 e. The van der Waals surface area contributed by atoms with E-state index in [9.17, 15) is 0 Å². The molecule has 0 fully saturated rings. The van der Waals surface area contributed by atoms with Gasteiger partial charge in [0.15, 0.2) is 23.0 Å². The van der Waals surface area contributed by atoms with Crippen LogP contribution in [0, 0.1) is 0 Å². The molecule has 0 N–H and O–H groups in total. The van der Waals surface area contributed by atoms with Gasteiger partial charge in [0.25, 0.3) is 0 Å². The van der Waals surface area contributed by atoms with Crippen LogP contribution < -0.4 is 28.4 Å². The second kappa shape index (κ2) is 9.14. The van der Waals surface area contributed by atoms with Crippen LogP contribution in [0.5, 0.6) is 34.5 Å². The van der Waals surface area contributed by atoms with Gasteiger partial charge in [-0.25, -0.2) is 0 Å². The summed E-state index contributed by atoms with van der Waals surface area (Å²) in [6, 6.07) is 17.7. The summed E-state index contributed by atoms with van der Waals surface area (Å²) < 4.78 is 33.5. The fourth-order valence-corrected chi connectivity index (χ4v) is 3.90. The minimum atomic E-state index is 0.401. The van der Waals surface area contributed by atoms with Crippen LogP contribution in [0.25, 0.3) is 11.1 Å². The van der Waals surface area contributed by atoms with E-state index in [-0.39, 0.29) is 0 Å². The van der Waals surface area contributed by atoms with E-state index in [2.05, 4.69) is 0 Å². The van der Waals surface area contributed by atoms with Crippen molar-refractivity contribution in [3.05, 3.63) is 71.3 Å². The van der Waals surface area contributed by atoms with Crippen molar-refractivity contribution in [2.75, 3.05) is 42.2 Å². The molecule has 1 aliphatic heterocycles. The Morgan fingerprint density at radius 1 is 0.594 bits per heavy atom. The summed E-state index contributed by atoms with van der Waals surface area (Å²) in [7, 11) is 8.15. The molecule has 0 saturated heterocycles. The molecule has 1 aliphatic rings. The zero-order valence-electron chi connectivity index (χ0n) is 18.9. The van der Waals surface area contributed by atoms with Gasteiger partial charge in [-0.1, -0.05) is 18.2 Å². The van der Waals surface area contributed by atoms with Crippen LogP contribution >= 0.6 is 0 Å². The normalized spacial score (nSPS) is 12.5. The lowest BCUT2D eigenvalue weighted by molar-refractivity contribution is 0.339. The summed E-state index contributed by atoms with van der Waals surface area (Å²) in [6.45, 7) is 0.401. The second-order valence-corrected chi connectivity index (χ2v) is 7.14. The molecule has 0 aromatic heterocycles. The molecule has 0 unspecified atom stereocenters. The topological polar surface area (TPSA) is 55.4 Å². The SMILES string of the molecule is COc1ccc(C2=C(c3ccc(OC)c(OC)c3)c3cc(OC)c(OC)cc3OC2)cc1. The standard InChI is InChI=1S/C26H26O6/c1-27-18-9-6-16(7-10-18)20-15-32-22-14-25(31-5)24(30-4)13-19(22)26(20)17-8-11-21(28-2)23(12-17)29-3/h6-14H,15H2,1-5H3. The molecular weight excluding hydrogens is 408 g/mol. The molecule has 32 heavy (non-hydrogen) atoms. The first-order chi connectivity index (χ1) is 15.6. The maximum atomic E-state index is 6.16. The van der Waals surface area contributed by atoms with Crippen LogP contribution in [-0.2, 0) is 0 Å². The van der Waals surface area contributed by atoms with Crippen LogP contribution in [0.2, 0.25) is 0 Å². The van der Waals surface area contributed by atoms with E-state index in [4.69, 9.17) is 28.4 Å². The summed E-state index contributed by atoms with van der Waals surface area (Å²) in [6.07, 6.45) is 0. The molecule has 0 spiro atoms. The Labute approximate surface area is 187 Å². The lowest BCUT2D eigenvalue weighted by Gasteiger charge is -2.26. The average Bonchev–Trinajstić information content (AvgIpc) is 2.86. The molecule has 3 aromatic rings. The van der Waals surface area contributed by atoms with Gasteiger partial charge in [0.05, 0.1) is 35.5 Å². The number of fused-ring (bicyclic) bond motifs is 1. The molecule has 0 aliphatic carbocycles. The van der Waals surface area contributed by atoms with Crippen molar-refractivity contribution < 1.29 is 28.4 Å². The van der Waals surface area contributed by atoms with Crippen molar-refractivity contribution in [1.29, 1.82) is 0 Å². The molecule has 0 radical (unpaired) electrons. The van der Waals surface area contributed by atoms with Crippen LogP contribution in [-0.4, -0.2) is 42.2 Å². The van der Waals surface area contributed by atoms with Gasteiger partial charge in [-0.15, -0.1) is 0 Å². The van der Waals surface area contributed by atoms with E-state index in [1.807, 2.05) is 54.6 Å². The number of methoxy groups -OCH3 is 5. The lowest BCUT2D eigenvalue weighted by Crippen LogP contribution is -2.12. The number of ether oxygens (including phenoxy) is 6. The van der Waals surface area contributed by atoms with Gasteiger partial charge in [0.2, 0.25) is 0 Å². The predicted octanol–water partition coefficient (Wildman–Crippen LogP) is 5.08. The third-order valence-electron chi connectivity index (χ3n) is 5.54. The summed E-state index contributed by atoms with van der Waals surface area (Å²) in [5, 5.41) is 0. The van der Waals surface area contributed by atoms with E-state index in [0.29, 0.717) is 29.6 Å². The van der Waals surface area contributed by atoms with Crippen LogP contribution in [0.15, 0.2) is 54.6 Å². The summed E-state index contributed by atoms with van der Waals surface area (Å²) in [5.41, 5.74) is 4.99. The summed E-state index contributed by atoms with van der Waals surface area (Å²) in [4.78, 5) is 0. The van der Waals surface area contributed by atoms with Crippen molar-refractivity contribution in [1.82, 2.24) is 0 Å². The van der Waals surface area contributed by atoms with E-state index in [1.54, 1.807) is 35.5 Å². The first kappa shape index (κ1) is 21.4.